The maximum Gasteiger partial charge on any atom is 0.324 e. The topological polar surface area (TPSA) is 99.8 Å². The zero-order valence-electron chi connectivity index (χ0n) is 22.4. The molecule has 39 heavy (non-hydrogen) atoms. The number of aromatic nitrogens is 2. The van der Waals surface area contributed by atoms with Gasteiger partial charge in [-0.1, -0.05) is 12.1 Å². The Morgan fingerprint density at radius 1 is 1.10 bits per heavy atom. The molecule has 5 rings (SSSR count). The summed E-state index contributed by atoms with van der Waals surface area (Å²) < 4.78 is 10.6. The molecule has 0 bridgehead atoms. The quantitative estimate of drug-likeness (QED) is 0.170. The summed E-state index contributed by atoms with van der Waals surface area (Å²) in [6.07, 6.45) is 0. The van der Waals surface area contributed by atoms with E-state index < -0.39 is 11.9 Å². The number of fused-ring (bicyclic) bond motifs is 1. The van der Waals surface area contributed by atoms with Crippen molar-refractivity contribution in [3.05, 3.63) is 70.2 Å². The van der Waals surface area contributed by atoms with E-state index >= 15 is 0 Å². The van der Waals surface area contributed by atoms with Crippen molar-refractivity contribution in [1.29, 1.82) is 0 Å². The number of Topliss-reactive ketones (excluding diaryl/α,β-unsaturated/α-hetero) is 1. The van der Waals surface area contributed by atoms with Crippen LogP contribution in [0.5, 0.6) is 5.75 Å². The number of hydrogen-bond acceptors (Lipinski definition) is 9. The van der Waals surface area contributed by atoms with Crippen molar-refractivity contribution in [2.75, 3.05) is 57.2 Å². The van der Waals surface area contributed by atoms with Crippen LogP contribution in [-0.4, -0.2) is 73.6 Å². The molecule has 204 valence electrons. The number of anilines is 2. The van der Waals surface area contributed by atoms with Crippen LogP contribution in [0, 0.1) is 0 Å². The first kappa shape index (κ1) is 26.7. The number of ketones is 1. The molecule has 1 saturated heterocycles. The number of nitrogens with zero attached hydrogens (tertiary/aromatic N) is 3. The van der Waals surface area contributed by atoms with Crippen molar-refractivity contribution in [2.45, 2.75) is 19.4 Å². The Morgan fingerprint density at radius 2 is 1.87 bits per heavy atom. The molecule has 1 fully saturated rings. The van der Waals surface area contributed by atoms with Gasteiger partial charge < -0.3 is 29.6 Å². The van der Waals surface area contributed by atoms with Crippen LogP contribution in [0.4, 0.5) is 11.4 Å². The van der Waals surface area contributed by atoms with Gasteiger partial charge in [0.25, 0.3) is 0 Å². The lowest BCUT2D eigenvalue weighted by Crippen LogP contribution is -2.44. The highest BCUT2D eigenvalue weighted by Gasteiger charge is 2.35. The largest absolute Gasteiger partial charge is 0.497 e. The highest BCUT2D eigenvalue weighted by molar-refractivity contribution is 7.08. The number of rotatable bonds is 10. The fourth-order valence-electron chi connectivity index (χ4n) is 4.70. The molecular formula is C29H33N5O4S. The fourth-order valence-corrected chi connectivity index (χ4v) is 5.50. The second kappa shape index (κ2) is 11.9. The van der Waals surface area contributed by atoms with Gasteiger partial charge in [-0.15, -0.1) is 11.3 Å². The standard InChI is InChI=1S/C29H33N5O4S/c1-4-38-29(36)26(27(35)22-17-39-18-25(22)30-16-19-5-8-21(37-3)9-6-19)28-31-23-10-7-20(15-24(23)32-28)34-13-11-33(2)12-14-34/h5-10,15,17-18,26,30H,4,11-14,16H2,1-3H3,(H,31,32). The van der Waals surface area contributed by atoms with Gasteiger partial charge in [0.15, 0.2) is 11.7 Å². The summed E-state index contributed by atoms with van der Waals surface area (Å²) in [7, 11) is 3.76. The molecule has 0 amide bonds. The third-order valence-corrected chi connectivity index (χ3v) is 7.72. The summed E-state index contributed by atoms with van der Waals surface area (Å²) in [5.41, 5.74) is 4.72. The molecule has 1 aliphatic heterocycles. The molecule has 4 aromatic rings. The van der Waals surface area contributed by atoms with Gasteiger partial charge in [-0.3, -0.25) is 9.59 Å². The maximum absolute atomic E-state index is 13.8. The Balaban J connectivity index is 1.39. The number of nitrogens with one attached hydrogen (secondary N) is 2. The number of benzene rings is 2. The normalized spacial score (nSPS) is 14.8. The molecule has 2 aromatic heterocycles. The van der Waals surface area contributed by atoms with Gasteiger partial charge in [-0.05, 0) is 49.9 Å². The molecule has 1 aliphatic rings. The zero-order valence-corrected chi connectivity index (χ0v) is 23.2. The molecule has 0 saturated carbocycles. The zero-order chi connectivity index (χ0) is 27.4. The minimum Gasteiger partial charge on any atom is -0.497 e. The molecule has 0 aliphatic carbocycles. The van der Waals surface area contributed by atoms with E-state index in [0.717, 1.165) is 48.7 Å². The number of carbonyl (C=O) groups excluding carboxylic acids is 2. The molecular weight excluding hydrogens is 514 g/mol. The summed E-state index contributed by atoms with van der Waals surface area (Å²) in [6.45, 7) is 6.30. The van der Waals surface area contributed by atoms with Gasteiger partial charge >= 0.3 is 5.97 Å². The minimum atomic E-state index is -1.19. The van der Waals surface area contributed by atoms with Crippen LogP contribution in [0.25, 0.3) is 11.0 Å². The van der Waals surface area contributed by atoms with Crippen LogP contribution in [0.15, 0.2) is 53.2 Å². The Bertz CT molecular complexity index is 1440. The van der Waals surface area contributed by atoms with Gasteiger partial charge in [0.2, 0.25) is 0 Å². The monoisotopic (exact) mass is 547 g/mol. The third-order valence-electron chi connectivity index (χ3n) is 6.98. The first-order chi connectivity index (χ1) is 19.0. The van der Waals surface area contributed by atoms with Crippen LogP contribution in [0.1, 0.15) is 34.6 Å². The van der Waals surface area contributed by atoms with E-state index in [4.69, 9.17) is 9.47 Å². The Hall–Kier alpha value is -3.89. The maximum atomic E-state index is 13.8. The van der Waals surface area contributed by atoms with Gasteiger partial charge in [-0.25, -0.2) is 4.98 Å². The molecule has 1 unspecified atom stereocenters. The van der Waals surface area contributed by atoms with Crippen LogP contribution in [0.2, 0.25) is 0 Å². The van der Waals surface area contributed by atoms with Crippen molar-refractivity contribution >= 4 is 45.5 Å². The number of esters is 1. The molecule has 9 nitrogen and oxygen atoms in total. The summed E-state index contributed by atoms with van der Waals surface area (Å²) in [6, 6.07) is 13.7. The Kier molecular flexibility index (Phi) is 8.13. The highest BCUT2D eigenvalue weighted by atomic mass is 32.1. The Labute approximate surface area is 231 Å². The number of methoxy groups -OCH3 is 1. The van der Waals surface area contributed by atoms with Crippen molar-refractivity contribution in [3.8, 4) is 5.75 Å². The van der Waals surface area contributed by atoms with E-state index in [2.05, 4.69) is 32.1 Å². The predicted molar refractivity (Wildman–Crippen MR) is 154 cm³/mol. The average Bonchev–Trinajstić information content (AvgIpc) is 3.59. The fraction of sp³-hybridized carbons (Fsp3) is 0.345. The number of ether oxygens (including phenoxy) is 2. The molecule has 2 N–H and O–H groups in total. The van der Waals surface area contributed by atoms with Crippen LogP contribution >= 0.6 is 11.3 Å². The van der Waals surface area contributed by atoms with E-state index in [1.54, 1.807) is 19.4 Å². The Morgan fingerprint density at radius 3 is 2.59 bits per heavy atom. The predicted octanol–water partition coefficient (Wildman–Crippen LogP) is 4.53. The summed E-state index contributed by atoms with van der Waals surface area (Å²) in [5, 5.41) is 6.97. The number of H-pyrrole nitrogens is 1. The molecule has 0 spiro atoms. The van der Waals surface area contributed by atoms with Gasteiger partial charge in [0.1, 0.15) is 11.6 Å². The van der Waals surface area contributed by atoms with Crippen molar-refractivity contribution < 1.29 is 19.1 Å². The number of thiophene rings is 1. The van der Waals surface area contributed by atoms with E-state index in [0.29, 0.717) is 23.3 Å². The summed E-state index contributed by atoms with van der Waals surface area (Å²) in [4.78, 5) is 39.5. The van der Waals surface area contributed by atoms with Crippen molar-refractivity contribution in [2.24, 2.45) is 0 Å². The van der Waals surface area contributed by atoms with E-state index in [-0.39, 0.29) is 18.2 Å². The van der Waals surface area contributed by atoms with Crippen molar-refractivity contribution in [1.82, 2.24) is 14.9 Å². The number of piperazine rings is 1. The lowest BCUT2D eigenvalue weighted by molar-refractivity contribution is -0.143. The lowest BCUT2D eigenvalue weighted by Gasteiger charge is -2.34. The first-order valence-corrected chi connectivity index (χ1v) is 14.0. The van der Waals surface area contributed by atoms with E-state index in [1.807, 2.05) is 47.8 Å². The van der Waals surface area contributed by atoms with Gasteiger partial charge in [0.05, 0.1) is 36.0 Å². The minimum absolute atomic E-state index is 0.169. The van der Waals surface area contributed by atoms with Crippen molar-refractivity contribution in [3.63, 3.8) is 0 Å². The number of carbonyl (C=O) groups is 2. The van der Waals surface area contributed by atoms with Crippen LogP contribution in [-0.2, 0) is 16.1 Å². The molecule has 10 heteroatoms. The molecule has 0 radical (unpaired) electrons. The second-order valence-corrected chi connectivity index (χ2v) is 10.3. The lowest BCUT2D eigenvalue weighted by atomic mass is 9.98. The second-order valence-electron chi connectivity index (χ2n) is 9.56. The molecule has 1 atom stereocenters. The van der Waals surface area contributed by atoms with E-state index in [1.165, 1.54) is 11.3 Å². The average molecular weight is 548 g/mol. The summed E-state index contributed by atoms with van der Waals surface area (Å²) in [5.74, 6) is -1.10. The SMILES string of the molecule is CCOC(=O)C(C(=O)c1cscc1NCc1ccc(OC)cc1)c1nc2ccc(N3CCN(C)CC3)cc2[nH]1. The number of likely N-dealkylation sites (N-methyl/N-ethyl adjacent to an activating group) is 1. The number of aromatic amines is 1. The van der Waals surface area contributed by atoms with E-state index in [9.17, 15) is 9.59 Å². The van der Waals surface area contributed by atoms with Crippen LogP contribution in [0.3, 0.4) is 0 Å². The summed E-state index contributed by atoms with van der Waals surface area (Å²) >= 11 is 1.40. The number of imidazole rings is 1. The molecule has 3 heterocycles. The highest BCUT2D eigenvalue weighted by Crippen LogP contribution is 2.31. The van der Waals surface area contributed by atoms with Crippen LogP contribution < -0.4 is 15.0 Å². The molecule has 2 aromatic carbocycles. The number of hydrogen-bond donors (Lipinski definition) is 2. The van der Waals surface area contributed by atoms with Gasteiger partial charge in [0, 0.05) is 49.2 Å². The van der Waals surface area contributed by atoms with Gasteiger partial charge in [-0.2, -0.15) is 0 Å². The third kappa shape index (κ3) is 5.91. The smallest absolute Gasteiger partial charge is 0.324 e. The first-order valence-electron chi connectivity index (χ1n) is 13.0.